The summed E-state index contributed by atoms with van der Waals surface area (Å²) in [4.78, 5) is 4.61. The Morgan fingerprint density at radius 3 is 2.64 bits per heavy atom. The monoisotopic (exact) mass is 336 g/mol. The Hall–Kier alpha value is -1.31. The van der Waals surface area contributed by atoms with Gasteiger partial charge in [-0.25, -0.2) is 13.4 Å². The van der Waals surface area contributed by atoms with E-state index < -0.39 is 10.0 Å². The molecule has 4 rings (SSSR count). The molecule has 2 aliphatic rings. The lowest BCUT2D eigenvalue weighted by Gasteiger charge is -2.25. The third-order valence-corrected chi connectivity index (χ3v) is 7.55. The third kappa shape index (κ3) is 2.28. The molecule has 22 heavy (non-hydrogen) atoms. The quantitative estimate of drug-likeness (QED) is 0.862. The van der Waals surface area contributed by atoms with Crippen LogP contribution in [0.2, 0.25) is 0 Å². The highest BCUT2D eigenvalue weighted by Gasteiger charge is 2.44. The predicted octanol–water partition coefficient (Wildman–Crippen LogP) is 2.53. The maximum Gasteiger partial charge on any atom is 0.243 e. The van der Waals surface area contributed by atoms with Gasteiger partial charge < -0.3 is 4.42 Å². The summed E-state index contributed by atoms with van der Waals surface area (Å²) in [7, 11) is -3.39. The summed E-state index contributed by atoms with van der Waals surface area (Å²) in [6, 6.07) is 7.06. The Morgan fingerprint density at radius 2 is 2.09 bits per heavy atom. The van der Waals surface area contributed by atoms with Gasteiger partial charge >= 0.3 is 0 Å². The van der Waals surface area contributed by atoms with E-state index in [0.29, 0.717) is 22.6 Å². The van der Waals surface area contributed by atoms with Crippen molar-refractivity contribution in [3.05, 3.63) is 36.4 Å². The number of nitrogens with zero attached hydrogens (tertiary/aromatic N) is 2. The molecule has 2 aliphatic heterocycles. The fourth-order valence-corrected chi connectivity index (χ4v) is 6.39. The first kappa shape index (κ1) is 14.3. The van der Waals surface area contributed by atoms with E-state index in [0.717, 1.165) is 23.4 Å². The van der Waals surface area contributed by atoms with Crippen LogP contribution >= 0.6 is 11.8 Å². The highest BCUT2D eigenvalue weighted by molar-refractivity contribution is 8.00. The Morgan fingerprint density at radius 1 is 1.32 bits per heavy atom. The molecule has 0 N–H and O–H groups in total. The first-order valence-corrected chi connectivity index (χ1v) is 9.69. The lowest BCUT2D eigenvalue weighted by Crippen LogP contribution is -2.39. The van der Waals surface area contributed by atoms with Crippen LogP contribution in [-0.2, 0) is 10.0 Å². The van der Waals surface area contributed by atoms with E-state index in [9.17, 15) is 8.42 Å². The van der Waals surface area contributed by atoms with Crippen molar-refractivity contribution >= 4 is 21.8 Å². The van der Waals surface area contributed by atoms with Crippen LogP contribution in [0.15, 0.2) is 39.8 Å². The van der Waals surface area contributed by atoms with Crippen molar-refractivity contribution in [2.75, 3.05) is 12.3 Å². The van der Waals surface area contributed by atoms with Gasteiger partial charge in [0.15, 0.2) is 5.89 Å². The number of benzene rings is 1. The van der Waals surface area contributed by atoms with Gasteiger partial charge in [-0.1, -0.05) is 12.1 Å². The SMILES string of the molecule is Cc1nc(-c2ccc(S(=O)(=O)N3CC4CC3CS4)cc2)co1. The minimum atomic E-state index is -3.39. The van der Waals surface area contributed by atoms with Gasteiger partial charge in [0, 0.05) is 36.1 Å². The second kappa shape index (κ2) is 5.11. The molecule has 2 unspecified atom stereocenters. The molecule has 5 nitrogen and oxygen atoms in total. The number of hydrogen-bond acceptors (Lipinski definition) is 5. The van der Waals surface area contributed by atoms with Crippen LogP contribution < -0.4 is 0 Å². The first-order valence-electron chi connectivity index (χ1n) is 7.20. The molecule has 2 aromatic rings. The molecule has 3 heterocycles. The molecule has 0 amide bonds. The summed E-state index contributed by atoms with van der Waals surface area (Å²) in [5.74, 6) is 1.51. The van der Waals surface area contributed by atoms with Crippen LogP contribution in [0.4, 0.5) is 0 Å². The number of hydrogen-bond donors (Lipinski definition) is 0. The summed E-state index contributed by atoms with van der Waals surface area (Å²) < 4.78 is 32.4. The average molecular weight is 336 g/mol. The molecule has 0 saturated carbocycles. The molecular weight excluding hydrogens is 320 g/mol. The van der Waals surface area contributed by atoms with Gasteiger partial charge in [0.2, 0.25) is 10.0 Å². The number of thioether (sulfide) groups is 1. The van der Waals surface area contributed by atoms with Gasteiger partial charge in [0.05, 0.1) is 4.90 Å². The molecule has 2 atom stereocenters. The normalized spacial score (nSPS) is 25.0. The van der Waals surface area contributed by atoms with Crippen molar-refractivity contribution in [3.63, 3.8) is 0 Å². The Labute approximate surface area is 133 Å². The Kier molecular flexibility index (Phi) is 3.32. The number of sulfonamides is 1. The molecule has 0 aliphatic carbocycles. The van der Waals surface area contributed by atoms with E-state index in [1.165, 1.54) is 0 Å². The summed E-state index contributed by atoms with van der Waals surface area (Å²) in [6.07, 6.45) is 2.57. The zero-order valence-electron chi connectivity index (χ0n) is 12.1. The average Bonchev–Trinajstić information content (AvgIpc) is 3.23. The van der Waals surface area contributed by atoms with Gasteiger partial charge in [-0.3, -0.25) is 0 Å². The van der Waals surface area contributed by atoms with E-state index in [1.807, 2.05) is 11.8 Å². The number of oxazole rings is 1. The second-order valence-corrected chi connectivity index (χ2v) is 8.92. The van der Waals surface area contributed by atoms with Gasteiger partial charge in [-0.2, -0.15) is 16.1 Å². The summed E-state index contributed by atoms with van der Waals surface area (Å²) in [5.41, 5.74) is 1.58. The fraction of sp³-hybridized carbons (Fsp3) is 0.400. The van der Waals surface area contributed by atoms with E-state index in [1.54, 1.807) is 41.8 Å². The largest absolute Gasteiger partial charge is 0.449 e. The molecule has 116 valence electrons. The molecule has 1 aromatic carbocycles. The molecule has 7 heteroatoms. The van der Waals surface area contributed by atoms with Crippen LogP contribution in [0.5, 0.6) is 0 Å². The highest BCUT2D eigenvalue weighted by Crippen LogP contribution is 2.40. The molecule has 2 fully saturated rings. The minimum absolute atomic E-state index is 0.165. The maximum atomic E-state index is 12.8. The number of fused-ring (bicyclic) bond motifs is 2. The van der Waals surface area contributed by atoms with Crippen LogP contribution in [-0.4, -0.2) is 41.3 Å². The van der Waals surface area contributed by atoms with E-state index in [4.69, 9.17) is 4.42 Å². The van der Waals surface area contributed by atoms with Crippen molar-refractivity contribution in [2.24, 2.45) is 0 Å². The summed E-state index contributed by atoms with van der Waals surface area (Å²) >= 11 is 1.88. The zero-order chi connectivity index (χ0) is 15.3. The molecule has 1 aromatic heterocycles. The second-order valence-electron chi connectivity index (χ2n) is 5.70. The van der Waals surface area contributed by atoms with E-state index >= 15 is 0 Å². The molecule has 0 radical (unpaired) electrons. The minimum Gasteiger partial charge on any atom is -0.449 e. The Bertz CT molecular complexity index is 798. The van der Waals surface area contributed by atoms with Crippen molar-refractivity contribution in [1.82, 2.24) is 9.29 Å². The van der Waals surface area contributed by atoms with E-state index in [2.05, 4.69) is 4.98 Å². The predicted molar refractivity (Wildman–Crippen MR) is 85.2 cm³/mol. The van der Waals surface area contributed by atoms with Crippen LogP contribution in [0.1, 0.15) is 12.3 Å². The molecule has 2 saturated heterocycles. The maximum absolute atomic E-state index is 12.8. The Balaban J connectivity index is 1.62. The van der Waals surface area contributed by atoms with Crippen LogP contribution in [0.3, 0.4) is 0 Å². The van der Waals surface area contributed by atoms with E-state index in [-0.39, 0.29) is 6.04 Å². The van der Waals surface area contributed by atoms with Gasteiger partial charge in [0.1, 0.15) is 12.0 Å². The van der Waals surface area contributed by atoms with Crippen molar-refractivity contribution in [2.45, 2.75) is 29.5 Å². The lowest BCUT2D eigenvalue weighted by molar-refractivity contribution is 0.410. The lowest BCUT2D eigenvalue weighted by atomic mass is 10.2. The van der Waals surface area contributed by atoms with Gasteiger partial charge in [-0.05, 0) is 18.6 Å². The highest BCUT2D eigenvalue weighted by atomic mass is 32.2. The van der Waals surface area contributed by atoms with Crippen molar-refractivity contribution < 1.29 is 12.8 Å². The standard InChI is InChI=1S/C15H16N2O3S2/c1-10-16-15(8-20-10)11-2-4-14(5-3-11)22(18,19)17-7-13-6-12(17)9-21-13/h2-5,8,12-13H,6-7,9H2,1H3. The molecule has 2 bridgehead atoms. The third-order valence-electron chi connectivity index (χ3n) is 4.23. The van der Waals surface area contributed by atoms with Crippen molar-refractivity contribution in [3.8, 4) is 11.3 Å². The molecule has 0 spiro atoms. The number of aromatic nitrogens is 1. The number of rotatable bonds is 3. The molecular formula is C15H16N2O3S2. The number of aryl methyl sites for hydroxylation is 1. The van der Waals surface area contributed by atoms with Crippen LogP contribution in [0, 0.1) is 6.92 Å². The van der Waals surface area contributed by atoms with Crippen molar-refractivity contribution in [1.29, 1.82) is 0 Å². The summed E-state index contributed by atoms with van der Waals surface area (Å²) in [6.45, 7) is 2.42. The fourth-order valence-electron chi connectivity index (χ4n) is 3.09. The van der Waals surface area contributed by atoms with Gasteiger partial charge in [0.25, 0.3) is 0 Å². The zero-order valence-corrected chi connectivity index (χ0v) is 13.7. The van der Waals surface area contributed by atoms with Crippen LogP contribution in [0.25, 0.3) is 11.3 Å². The smallest absolute Gasteiger partial charge is 0.243 e. The van der Waals surface area contributed by atoms with Gasteiger partial charge in [-0.15, -0.1) is 0 Å². The summed E-state index contributed by atoms with van der Waals surface area (Å²) in [5, 5.41) is 0.470. The topological polar surface area (TPSA) is 63.4 Å². The first-order chi connectivity index (χ1) is 10.5.